The Morgan fingerprint density at radius 3 is 1.42 bits per heavy atom. The van der Waals surface area contributed by atoms with Crippen molar-refractivity contribution in [2.45, 2.75) is 25.7 Å². The van der Waals surface area contributed by atoms with Crippen LogP contribution in [0.3, 0.4) is 0 Å². The third-order valence-corrected chi connectivity index (χ3v) is 8.50. The highest BCUT2D eigenvalue weighted by molar-refractivity contribution is 5.84. The second-order valence-electron chi connectivity index (χ2n) is 12.0. The van der Waals surface area contributed by atoms with Gasteiger partial charge in [-0.3, -0.25) is 9.98 Å². The normalized spacial score (nSPS) is 12.5. The van der Waals surface area contributed by atoms with E-state index in [9.17, 15) is 0 Å². The van der Waals surface area contributed by atoms with Gasteiger partial charge in [-0.25, -0.2) is 28.8 Å². The van der Waals surface area contributed by atoms with Gasteiger partial charge in [0, 0.05) is 36.3 Å². The zero-order valence-electron chi connectivity index (χ0n) is 28.5. The standard InChI is InChI=1S/C38H44N12/c1-47-33(27-49-23-9-5-11-35(47)49)31-17-13-29(14-18-31)25-43-45-37(39)41-21-7-3-4-8-22-42-38(40)46-44-26-30-15-19-32(20-16-30)34-28-50-24-10-6-12-36(50)48(34)2/h5-6,9-20,23-28H,3-4,7-8,21-22H2,1-2H3,(H3,39,41,45)(H3,40,42,46)/q+2/b43-25+,44-26+. The summed E-state index contributed by atoms with van der Waals surface area (Å²) in [5, 5.41) is 8.46. The Balaban J connectivity index is 0.843. The molecule has 12 heteroatoms. The van der Waals surface area contributed by atoms with Crippen LogP contribution >= 0.6 is 0 Å². The number of benzene rings is 2. The molecular formula is C38H44N12+2. The van der Waals surface area contributed by atoms with Gasteiger partial charge in [-0.15, -0.1) is 0 Å². The molecule has 6 aromatic rings. The molecule has 0 aliphatic heterocycles. The minimum atomic E-state index is 0.300. The summed E-state index contributed by atoms with van der Waals surface area (Å²) in [6, 6.07) is 28.8. The van der Waals surface area contributed by atoms with Gasteiger partial charge in [0.05, 0.1) is 38.9 Å². The number of hydrogen-bond donors (Lipinski definition) is 4. The third-order valence-electron chi connectivity index (χ3n) is 8.50. The second kappa shape index (κ2) is 16.2. The highest BCUT2D eigenvalue weighted by Crippen LogP contribution is 2.21. The molecule has 12 nitrogen and oxygen atoms in total. The van der Waals surface area contributed by atoms with Crippen LogP contribution in [0.4, 0.5) is 0 Å². The molecular weight excluding hydrogens is 625 g/mol. The number of aromatic nitrogens is 4. The van der Waals surface area contributed by atoms with E-state index in [1.807, 2.05) is 48.5 Å². The lowest BCUT2D eigenvalue weighted by Gasteiger charge is -2.02. The number of rotatable bonds is 13. The minimum Gasteiger partial charge on any atom is -0.369 e. The van der Waals surface area contributed by atoms with E-state index >= 15 is 0 Å². The molecule has 0 radical (unpaired) electrons. The third kappa shape index (κ3) is 8.40. The number of imidazole rings is 2. The first kappa shape index (κ1) is 33.6. The van der Waals surface area contributed by atoms with Gasteiger partial charge in [0.2, 0.25) is 11.9 Å². The van der Waals surface area contributed by atoms with E-state index in [0.29, 0.717) is 25.0 Å². The lowest BCUT2D eigenvalue weighted by atomic mass is 10.1. The monoisotopic (exact) mass is 668 g/mol. The van der Waals surface area contributed by atoms with Gasteiger partial charge < -0.3 is 11.5 Å². The van der Waals surface area contributed by atoms with Crippen molar-refractivity contribution in [3.8, 4) is 22.5 Å². The summed E-state index contributed by atoms with van der Waals surface area (Å²) in [5.41, 5.74) is 26.3. The van der Waals surface area contributed by atoms with Gasteiger partial charge >= 0.3 is 0 Å². The molecule has 0 bridgehead atoms. The number of pyridine rings is 2. The maximum Gasteiger partial charge on any atom is 0.286 e. The summed E-state index contributed by atoms with van der Waals surface area (Å²) in [7, 11) is 4.14. The largest absolute Gasteiger partial charge is 0.369 e. The van der Waals surface area contributed by atoms with Crippen LogP contribution in [0.15, 0.2) is 130 Å². The van der Waals surface area contributed by atoms with E-state index in [0.717, 1.165) is 70.6 Å². The number of nitrogens with two attached hydrogens (primary N) is 2. The lowest BCUT2D eigenvalue weighted by Crippen LogP contribution is -2.27. The number of hydrogen-bond acceptors (Lipinski definition) is 4. The molecule has 50 heavy (non-hydrogen) atoms. The molecule has 0 spiro atoms. The highest BCUT2D eigenvalue weighted by Gasteiger charge is 2.16. The Bertz CT molecular complexity index is 2000. The first-order valence-corrected chi connectivity index (χ1v) is 16.8. The van der Waals surface area contributed by atoms with Crippen molar-refractivity contribution in [1.82, 2.24) is 20.0 Å². The number of nitrogens with one attached hydrogen (secondary N) is 2. The van der Waals surface area contributed by atoms with Crippen molar-refractivity contribution < 1.29 is 8.80 Å². The Kier molecular flexibility index (Phi) is 10.9. The minimum absolute atomic E-state index is 0.300. The van der Waals surface area contributed by atoms with E-state index in [2.05, 4.69) is 124 Å². The highest BCUT2D eigenvalue weighted by atomic mass is 15.4. The molecule has 0 unspecified atom stereocenters. The number of hydrazone groups is 2. The van der Waals surface area contributed by atoms with Gasteiger partial charge in [0.25, 0.3) is 11.3 Å². The molecule has 0 saturated heterocycles. The maximum absolute atomic E-state index is 5.98. The molecule has 0 aliphatic carbocycles. The van der Waals surface area contributed by atoms with Crippen molar-refractivity contribution in [3.05, 3.63) is 121 Å². The maximum atomic E-state index is 5.98. The summed E-state index contributed by atoms with van der Waals surface area (Å²) in [4.78, 5) is 8.73. The number of guanidine groups is 2. The average Bonchev–Trinajstić information content (AvgIpc) is 3.66. The van der Waals surface area contributed by atoms with Crippen molar-refractivity contribution in [1.29, 1.82) is 0 Å². The van der Waals surface area contributed by atoms with Crippen LogP contribution in [0.2, 0.25) is 0 Å². The molecule has 0 atom stereocenters. The van der Waals surface area contributed by atoms with Crippen LogP contribution < -0.4 is 31.1 Å². The Hall–Kier alpha value is -6.30. The van der Waals surface area contributed by atoms with Crippen molar-refractivity contribution in [3.63, 3.8) is 0 Å². The smallest absolute Gasteiger partial charge is 0.286 e. The molecule has 0 fully saturated rings. The lowest BCUT2D eigenvalue weighted by molar-refractivity contribution is -0.510. The Labute approximate surface area is 291 Å². The number of aliphatic imine (C=N–C) groups is 2. The number of aryl methyl sites for hydroxylation is 2. The molecule has 254 valence electrons. The summed E-state index contributed by atoms with van der Waals surface area (Å²) < 4.78 is 8.59. The fourth-order valence-electron chi connectivity index (χ4n) is 5.77. The SMILES string of the molecule is Cn1c(-c2ccc(/C=N/NC(N)=NCCCCCCN=C(N)N/N=C/c3ccc(-c4c[n+]5ccccc5n4C)cc3)cc2)c[n+]2ccccc12. The van der Waals surface area contributed by atoms with E-state index < -0.39 is 0 Å². The average molecular weight is 669 g/mol. The number of fused-ring (bicyclic) bond motifs is 2. The van der Waals surface area contributed by atoms with Crippen LogP contribution in [-0.4, -0.2) is 46.6 Å². The first-order chi connectivity index (χ1) is 24.5. The quantitative estimate of drug-likeness (QED) is 0.0487. The molecule has 0 aliphatic rings. The summed E-state index contributed by atoms with van der Waals surface area (Å²) in [5.74, 6) is 0.600. The predicted octanol–water partition coefficient (Wildman–Crippen LogP) is 3.91. The van der Waals surface area contributed by atoms with Crippen molar-refractivity contribution in [2.24, 2.45) is 45.8 Å². The van der Waals surface area contributed by atoms with E-state index in [4.69, 9.17) is 11.5 Å². The zero-order valence-corrected chi connectivity index (χ0v) is 28.5. The van der Waals surface area contributed by atoms with E-state index in [-0.39, 0.29) is 0 Å². The summed E-state index contributed by atoms with van der Waals surface area (Å²) in [6.45, 7) is 1.27. The first-order valence-electron chi connectivity index (χ1n) is 16.8. The molecule has 4 aromatic heterocycles. The molecule has 6 rings (SSSR count). The molecule has 6 N–H and O–H groups in total. The van der Waals surface area contributed by atoms with Crippen LogP contribution in [-0.2, 0) is 14.1 Å². The van der Waals surface area contributed by atoms with Gasteiger partial charge in [-0.1, -0.05) is 49.2 Å². The van der Waals surface area contributed by atoms with Crippen LogP contribution in [0, 0.1) is 0 Å². The van der Waals surface area contributed by atoms with E-state index in [1.54, 1.807) is 12.4 Å². The van der Waals surface area contributed by atoms with Crippen LogP contribution in [0.1, 0.15) is 36.8 Å². The molecule has 4 heterocycles. The van der Waals surface area contributed by atoms with E-state index in [1.165, 1.54) is 0 Å². The fourth-order valence-corrected chi connectivity index (χ4v) is 5.77. The Morgan fingerprint density at radius 1 is 0.600 bits per heavy atom. The van der Waals surface area contributed by atoms with Crippen molar-refractivity contribution in [2.75, 3.05) is 13.1 Å². The fraction of sp³-hybridized carbons (Fsp3) is 0.211. The number of nitrogens with zero attached hydrogens (tertiary/aromatic N) is 8. The van der Waals surface area contributed by atoms with Crippen molar-refractivity contribution >= 4 is 35.6 Å². The van der Waals surface area contributed by atoms with Gasteiger partial charge in [-0.2, -0.15) is 10.2 Å². The molecule has 0 amide bonds. The Morgan fingerprint density at radius 2 is 1.02 bits per heavy atom. The van der Waals surface area contributed by atoms with Crippen LogP contribution in [0.5, 0.6) is 0 Å². The van der Waals surface area contributed by atoms with Gasteiger partial charge in [0.15, 0.2) is 11.4 Å². The zero-order chi connectivity index (χ0) is 34.7. The van der Waals surface area contributed by atoms with Crippen LogP contribution in [0.25, 0.3) is 33.8 Å². The molecule has 2 aromatic carbocycles. The second-order valence-corrected chi connectivity index (χ2v) is 12.0. The molecule has 0 saturated carbocycles. The topological polar surface area (TPSA) is 144 Å². The summed E-state index contributed by atoms with van der Waals surface area (Å²) >= 11 is 0. The van der Waals surface area contributed by atoms with Gasteiger partial charge in [-0.05, 0) is 60.4 Å². The number of unbranched alkanes of at least 4 members (excludes halogenated alkanes) is 3. The van der Waals surface area contributed by atoms with Gasteiger partial charge in [0.1, 0.15) is 12.4 Å². The summed E-state index contributed by atoms with van der Waals surface area (Å²) in [6.07, 6.45) is 15.7. The predicted molar refractivity (Wildman–Crippen MR) is 201 cm³/mol.